The lowest BCUT2D eigenvalue weighted by atomic mass is 9.59. The van der Waals surface area contributed by atoms with Crippen molar-refractivity contribution in [3.8, 4) is 11.6 Å². The highest BCUT2D eigenvalue weighted by atomic mass is 32.2. The van der Waals surface area contributed by atoms with E-state index in [4.69, 9.17) is 19.2 Å². The number of benzene rings is 3. The number of nitrogens with zero attached hydrogens (tertiary/aromatic N) is 6. The molecule has 3 N–H and O–H groups in total. The van der Waals surface area contributed by atoms with Crippen molar-refractivity contribution < 1.29 is 32.3 Å². The lowest BCUT2D eigenvalue weighted by Crippen LogP contribution is -2.55. The number of pyridine rings is 1. The summed E-state index contributed by atoms with van der Waals surface area (Å²) >= 11 is 0. The molecule has 368 valence electrons. The summed E-state index contributed by atoms with van der Waals surface area (Å²) in [5.74, 6) is 0.0380. The number of hydrogen-bond acceptors (Lipinski definition) is 14. The summed E-state index contributed by atoms with van der Waals surface area (Å²) in [5.41, 5.74) is 5.77. The summed E-state index contributed by atoms with van der Waals surface area (Å²) in [6.45, 7) is 12.0. The van der Waals surface area contributed by atoms with Gasteiger partial charge in [0.05, 0.1) is 46.4 Å². The van der Waals surface area contributed by atoms with Gasteiger partial charge in [0.1, 0.15) is 24.0 Å². The number of amides is 1. The molecule has 3 aromatic carbocycles. The molecule has 18 heteroatoms. The van der Waals surface area contributed by atoms with Crippen LogP contribution in [0.2, 0.25) is 0 Å². The minimum absolute atomic E-state index is 0.0328. The van der Waals surface area contributed by atoms with Crippen molar-refractivity contribution in [1.82, 2.24) is 24.5 Å². The Labute approximate surface area is 408 Å². The second-order valence-electron chi connectivity index (χ2n) is 21.2. The first-order valence-corrected chi connectivity index (χ1v) is 26.6. The van der Waals surface area contributed by atoms with E-state index in [1.54, 1.807) is 6.07 Å². The van der Waals surface area contributed by atoms with Gasteiger partial charge in [-0.15, -0.1) is 0 Å². The van der Waals surface area contributed by atoms with Gasteiger partial charge in [-0.05, 0) is 111 Å². The number of ether oxygens (including phenoxy) is 3. The van der Waals surface area contributed by atoms with Crippen molar-refractivity contribution in [1.29, 1.82) is 0 Å². The van der Waals surface area contributed by atoms with Crippen LogP contribution in [0.1, 0.15) is 99.2 Å². The molecule has 5 fully saturated rings. The fraction of sp³-hybridized carbons (Fsp3) is 0.500. The highest BCUT2D eigenvalue weighted by Crippen LogP contribution is 2.55. The number of aromatic nitrogens is 2. The van der Waals surface area contributed by atoms with Crippen molar-refractivity contribution >= 4 is 55.4 Å². The van der Waals surface area contributed by atoms with E-state index in [1.807, 2.05) is 42.3 Å². The third kappa shape index (κ3) is 8.09. The van der Waals surface area contributed by atoms with Crippen molar-refractivity contribution in [2.24, 2.45) is 5.41 Å². The van der Waals surface area contributed by atoms with Crippen LogP contribution < -0.4 is 29.3 Å². The van der Waals surface area contributed by atoms with Crippen LogP contribution in [-0.2, 0) is 14.8 Å². The van der Waals surface area contributed by atoms with Crippen LogP contribution in [-0.4, -0.2) is 122 Å². The van der Waals surface area contributed by atoms with E-state index in [0.29, 0.717) is 72.1 Å². The number of hydrogen-bond donors (Lipinski definition) is 3. The number of morpholine rings is 1. The molecular formula is C52H61N9O8S. The predicted octanol–water partition coefficient (Wildman–Crippen LogP) is 7.86. The predicted molar refractivity (Wildman–Crippen MR) is 266 cm³/mol. The van der Waals surface area contributed by atoms with Gasteiger partial charge in [0.2, 0.25) is 5.88 Å². The monoisotopic (exact) mass is 971 g/mol. The maximum atomic E-state index is 14.6. The zero-order valence-corrected chi connectivity index (χ0v) is 40.8. The Bertz CT molecular complexity index is 2980. The van der Waals surface area contributed by atoms with E-state index >= 15 is 0 Å². The van der Waals surface area contributed by atoms with Gasteiger partial charge >= 0.3 is 0 Å². The molecule has 5 aromatic rings. The number of nitro groups is 1. The minimum atomic E-state index is -4.66. The topological polar surface area (TPSA) is 188 Å². The number of carbonyl (C=O) groups excluding carboxylic acids is 1. The highest BCUT2D eigenvalue weighted by molar-refractivity contribution is 7.90. The normalized spacial score (nSPS) is 25.3. The van der Waals surface area contributed by atoms with Gasteiger partial charge in [0.15, 0.2) is 11.4 Å². The molecule has 70 heavy (non-hydrogen) atoms. The lowest BCUT2D eigenvalue weighted by Gasteiger charge is -2.56. The molecule has 12 rings (SSSR count). The number of nitro benzene ring substituents is 1. The van der Waals surface area contributed by atoms with Crippen LogP contribution in [0.3, 0.4) is 0 Å². The Hall–Kier alpha value is -5.95. The third-order valence-corrected chi connectivity index (χ3v) is 17.7. The maximum Gasteiger partial charge on any atom is 0.297 e. The summed E-state index contributed by atoms with van der Waals surface area (Å²) in [4.78, 5) is 43.4. The number of piperidine rings is 1. The van der Waals surface area contributed by atoms with Gasteiger partial charge in [-0.1, -0.05) is 38.1 Å². The van der Waals surface area contributed by atoms with E-state index in [9.17, 15) is 23.3 Å². The molecule has 4 saturated heterocycles. The van der Waals surface area contributed by atoms with Gasteiger partial charge < -0.3 is 34.3 Å². The molecule has 2 bridgehead atoms. The van der Waals surface area contributed by atoms with Crippen LogP contribution in [0.25, 0.3) is 11.0 Å². The Morgan fingerprint density at radius 3 is 2.60 bits per heavy atom. The highest BCUT2D eigenvalue weighted by Gasteiger charge is 2.50. The van der Waals surface area contributed by atoms with E-state index in [2.05, 4.69) is 67.8 Å². The molecule has 1 saturated carbocycles. The van der Waals surface area contributed by atoms with E-state index in [-0.39, 0.29) is 41.9 Å². The van der Waals surface area contributed by atoms with Crippen LogP contribution in [0.15, 0.2) is 77.8 Å². The molecule has 8 heterocycles. The molecule has 0 radical (unpaired) electrons. The largest absolute Gasteiger partial charge is 0.489 e. The average molecular weight is 972 g/mol. The van der Waals surface area contributed by atoms with Crippen molar-refractivity contribution in [3.63, 3.8) is 0 Å². The SMILES string of the molecule is CC(C)c1ccccc1[C@@H]1CCCN1C1CC2(CCN(c3ccc(C(=O)NS(=O)(=O)c4cc5c(c([N+](=O)[O-])c4)N[C@@H](CN4C[C@@H]6C[C@H]4CO6)CO5)c(N4C[C@@H](C)Oc5nc6[nH]ccc6cc54)c3)CC2)C1. The number of fused-ring (bicyclic) bond motifs is 5. The maximum absolute atomic E-state index is 14.6. The fourth-order valence-corrected chi connectivity index (χ4v) is 13.8. The van der Waals surface area contributed by atoms with Crippen LogP contribution >= 0.6 is 0 Å². The summed E-state index contributed by atoms with van der Waals surface area (Å²) < 4.78 is 48.8. The minimum Gasteiger partial charge on any atom is -0.489 e. The van der Waals surface area contributed by atoms with Crippen LogP contribution in [0.5, 0.6) is 11.6 Å². The van der Waals surface area contributed by atoms with E-state index < -0.39 is 31.4 Å². The molecule has 1 spiro atoms. The fourth-order valence-electron chi connectivity index (χ4n) is 12.8. The van der Waals surface area contributed by atoms with Crippen molar-refractivity contribution in [2.75, 3.05) is 67.6 Å². The number of sulfonamides is 1. The molecule has 6 aliphatic heterocycles. The second kappa shape index (κ2) is 17.4. The Balaban J connectivity index is 0.799. The summed E-state index contributed by atoms with van der Waals surface area (Å²) in [5, 5.41) is 16.6. The smallest absolute Gasteiger partial charge is 0.297 e. The van der Waals surface area contributed by atoms with E-state index in [1.165, 1.54) is 42.9 Å². The van der Waals surface area contributed by atoms with Gasteiger partial charge in [0.25, 0.3) is 21.6 Å². The molecule has 1 amide bonds. The first-order chi connectivity index (χ1) is 33.8. The third-order valence-electron chi connectivity index (χ3n) is 16.4. The second-order valence-corrected chi connectivity index (χ2v) is 22.8. The number of anilines is 4. The Morgan fingerprint density at radius 2 is 1.83 bits per heavy atom. The molecular weight excluding hydrogens is 911 g/mol. The zero-order valence-electron chi connectivity index (χ0n) is 39.9. The Kier molecular flexibility index (Phi) is 11.2. The molecule has 1 aliphatic carbocycles. The molecule has 5 atom stereocenters. The summed E-state index contributed by atoms with van der Waals surface area (Å²) in [6, 6.07) is 21.8. The molecule has 2 aromatic heterocycles. The number of H-pyrrole nitrogens is 1. The van der Waals surface area contributed by atoms with E-state index in [0.717, 1.165) is 62.6 Å². The quantitative estimate of drug-likeness (QED) is 0.0857. The Morgan fingerprint density at radius 1 is 1.00 bits per heavy atom. The zero-order chi connectivity index (χ0) is 48.1. The van der Waals surface area contributed by atoms with Crippen LogP contribution in [0.4, 0.5) is 28.4 Å². The van der Waals surface area contributed by atoms with Gasteiger partial charge in [-0.25, -0.2) is 13.1 Å². The standard InChI is InChI=1S/C52H61N9O8S/c1-31(2)40-7-4-5-8-41(40)43-9-6-16-59(43)37-24-52(25-37)13-17-57(18-14-52)35-10-11-42(44(21-35)60-26-32(3)69-51-46(60)19-33-12-15-53-49(33)55-51)50(62)56-70(65,66)39-22-45(61(63)64)48-47(23-39)68-29-34(54-48)27-58-28-38-20-36(58)30-67-38/h4-5,7-8,10-12,15,19,21-23,31-32,34,36-38,43,54H,6,9,13-14,16-18,20,24-30H2,1-3H3,(H,53,55)(H,56,62)/t32-,34+,36+,38+,43+/m1/s1. The lowest BCUT2D eigenvalue weighted by molar-refractivity contribution is -0.384. The number of likely N-dealkylation sites (tertiary alicyclic amines) is 2. The number of carbonyl (C=O) groups is 1. The molecule has 17 nitrogen and oxygen atoms in total. The van der Waals surface area contributed by atoms with Gasteiger partial charge in [-0.2, -0.15) is 4.98 Å². The first kappa shape index (κ1) is 45.2. The van der Waals surface area contributed by atoms with Crippen molar-refractivity contribution in [3.05, 3.63) is 99.7 Å². The number of nitrogens with one attached hydrogen (secondary N) is 3. The summed E-state index contributed by atoms with van der Waals surface area (Å²) in [7, 11) is -4.66. The summed E-state index contributed by atoms with van der Waals surface area (Å²) in [6.07, 6.45) is 9.62. The van der Waals surface area contributed by atoms with Crippen molar-refractivity contribution in [2.45, 2.75) is 113 Å². The van der Waals surface area contributed by atoms with Crippen LogP contribution in [0, 0.1) is 15.5 Å². The molecule has 7 aliphatic rings. The first-order valence-electron chi connectivity index (χ1n) is 25.1. The number of aromatic amines is 1. The number of rotatable bonds is 11. The average Bonchev–Trinajstić information content (AvgIpc) is 4.18. The van der Waals surface area contributed by atoms with Gasteiger partial charge in [-0.3, -0.25) is 24.7 Å². The van der Waals surface area contributed by atoms with Gasteiger partial charge in [0, 0.05) is 73.7 Å². The molecule has 0 unspecified atom stereocenters.